The van der Waals surface area contributed by atoms with Crippen LogP contribution in [0.15, 0.2) is 78.9 Å². The zero-order valence-corrected chi connectivity index (χ0v) is 17.3. The number of carbonyl (C=O) groups excluding carboxylic acids is 1. The normalized spacial score (nSPS) is 10.8. The Morgan fingerprint density at radius 3 is 2.03 bits per heavy atom. The van der Waals surface area contributed by atoms with Gasteiger partial charge in [-0.25, -0.2) is 8.78 Å². The van der Waals surface area contributed by atoms with E-state index in [2.05, 4.69) is 5.32 Å². The van der Waals surface area contributed by atoms with Crippen molar-refractivity contribution in [3.63, 3.8) is 0 Å². The van der Waals surface area contributed by atoms with Gasteiger partial charge in [-0.3, -0.25) is 4.79 Å². The number of nitrogens with one attached hydrogen (secondary N) is 1. The minimum atomic E-state index is -0.315. The van der Waals surface area contributed by atoms with Gasteiger partial charge in [0.25, 0.3) is 5.91 Å². The van der Waals surface area contributed by atoms with Crippen LogP contribution in [0.25, 0.3) is 16.9 Å². The first-order valence-corrected chi connectivity index (χ1v) is 10.0. The van der Waals surface area contributed by atoms with E-state index in [1.165, 1.54) is 24.3 Å². The maximum atomic E-state index is 13.5. The second-order valence-corrected chi connectivity index (χ2v) is 7.52. The Kier molecular flexibility index (Phi) is 5.67. The number of benzene rings is 3. The predicted octanol–water partition coefficient (Wildman–Crippen LogP) is 5.97. The fraction of sp³-hybridized carbons (Fsp3) is 0.115. The molecule has 3 nitrogen and oxygen atoms in total. The van der Waals surface area contributed by atoms with E-state index in [0.717, 1.165) is 33.8 Å². The Morgan fingerprint density at radius 2 is 1.42 bits per heavy atom. The van der Waals surface area contributed by atoms with Gasteiger partial charge in [-0.05, 0) is 79.6 Å². The fourth-order valence-electron chi connectivity index (χ4n) is 3.58. The van der Waals surface area contributed by atoms with Crippen molar-refractivity contribution in [1.29, 1.82) is 0 Å². The monoisotopic (exact) mass is 416 g/mol. The number of amides is 1. The summed E-state index contributed by atoms with van der Waals surface area (Å²) in [6.45, 7) is 4.20. The van der Waals surface area contributed by atoms with Gasteiger partial charge in [-0.15, -0.1) is 0 Å². The van der Waals surface area contributed by atoms with Crippen LogP contribution >= 0.6 is 0 Å². The van der Waals surface area contributed by atoms with Gasteiger partial charge in [0.2, 0.25) is 0 Å². The smallest absolute Gasteiger partial charge is 0.253 e. The summed E-state index contributed by atoms with van der Waals surface area (Å²) in [5, 5.41) is 2.90. The van der Waals surface area contributed by atoms with Crippen molar-refractivity contribution in [3.05, 3.63) is 113 Å². The van der Waals surface area contributed by atoms with Crippen molar-refractivity contribution in [3.8, 4) is 16.9 Å². The highest BCUT2D eigenvalue weighted by Gasteiger charge is 2.19. The number of rotatable bonds is 5. The van der Waals surface area contributed by atoms with Crippen molar-refractivity contribution in [2.24, 2.45) is 0 Å². The van der Waals surface area contributed by atoms with Crippen LogP contribution in [-0.2, 0) is 6.54 Å². The van der Waals surface area contributed by atoms with Crippen LogP contribution in [-0.4, -0.2) is 10.5 Å². The van der Waals surface area contributed by atoms with Crippen LogP contribution in [0.1, 0.15) is 27.2 Å². The van der Waals surface area contributed by atoms with E-state index >= 15 is 0 Å². The van der Waals surface area contributed by atoms with E-state index in [1.807, 2.05) is 48.7 Å². The molecule has 0 saturated heterocycles. The van der Waals surface area contributed by atoms with E-state index < -0.39 is 0 Å². The molecule has 0 unspecified atom stereocenters. The van der Waals surface area contributed by atoms with Gasteiger partial charge < -0.3 is 9.88 Å². The lowest BCUT2D eigenvalue weighted by atomic mass is 10.1. The lowest BCUT2D eigenvalue weighted by Crippen LogP contribution is -2.23. The summed E-state index contributed by atoms with van der Waals surface area (Å²) in [7, 11) is 0. The standard InChI is InChI=1S/C26H22F2N2O/c1-17-3-13-23(14-4-17)30-18(2)24(15-25(30)20-7-11-22(28)12-8-20)26(31)29-16-19-5-9-21(27)10-6-19/h3-15H,16H2,1-2H3,(H,29,31). The highest BCUT2D eigenvalue weighted by atomic mass is 19.1. The third-order valence-electron chi connectivity index (χ3n) is 5.29. The van der Waals surface area contributed by atoms with Gasteiger partial charge >= 0.3 is 0 Å². The van der Waals surface area contributed by atoms with Crippen LogP contribution in [0.4, 0.5) is 8.78 Å². The second kappa shape index (κ2) is 8.56. The molecular formula is C26H22F2N2O. The van der Waals surface area contributed by atoms with Crippen molar-refractivity contribution < 1.29 is 13.6 Å². The molecule has 1 N–H and O–H groups in total. The summed E-state index contributed by atoms with van der Waals surface area (Å²) in [6.07, 6.45) is 0. The van der Waals surface area contributed by atoms with Gasteiger partial charge in [0.05, 0.1) is 11.3 Å². The molecule has 1 amide bonds. The molecule has 0 saturated carbocycles. The fourth-order valence-corrected chi connectivity index (χ4v) is 3.58. The first-order chi connectivity index (χ1) is 14.9. The average molecular weight is 416 g/mol. The molecule has 0 bridgehead atoms. The molecule has 1 heterocycles. The third-order valence-corrected chi connectivity index (χ3v) is 5.29. The van der Waals surface area contributed by atoms with Crippen molar-refractivity contribution in [2.75, 3.05) is 0 Å². The van der Waals surface area contributed by atoms with Crippen LogP contribution in [0.3, 0.4) is 0 Å². The molecular weight excluding hydrogens is 394 g/mol. The number of aryl methyl sites for hydroxylation is 1. The Morgan fingerprint density at radius 1 is 0.839 bits per heavy atom. The average Bonchev–Trinajstić information content (AvgIpc) is 3.11. The Hall–Kier alpha value is -3.73. The van der Waals surface area contributed by atoms with Crippen LogP contribution in [0, 0.1) is 25.5 Å². The van der Waals surface area contributed by atoms with Gasteiger partial charge in [0.15, 0.2) is 0 Å². The van der Waals surface area contributed by atoms with Crippen LogP contribution < -0.4 is 5.32 Å². The molecule has 3 aromatic carbocycles. The maximum absolute atomic E-state index is 13.5. The topological polar surface area (TPSA) is 34.0 Å². The molecule has 0 atom stereocenters. The molecule has 1 aromatic heterocycles. The van der Waals surface area contributed by atoms with Crippen LogP contribution in [0.2, 0.25) is 0 Å². The van der Waals surface area contributed by atoms with Gasteiger partial charge in [0, 0.05) is 17.9 Å². The molecule has 4 rings (SSSR count). The zero-order chi connectivity index (χ0) is 22.0. The van der Waals surface area contributed by atoms with Gasteiger partial charge in [-0.1, -0.05) is 29.8 Å². The van der Waals surface area contributed by atoms with E-state index in [9.17, 15) is 13.6 Å². The lowest BCUT2D eigenvalue weighted by molar-refractivity contribution is 0.0950. The zero-order valence-electron chi connectivity index (χ0n) is 17.3. The molecule has 5 heteroatoms. The summed E-state index contributed by atoms with van der Waals surface area (Å²) in [4.78, 5) is 13.0. The number of hydrogen-bond acceptors (Lipinski definition) is 1. The Balaban J connectivity index is 1.71. The quantitative estimate of drug-likeness (QED) is 0.427. The number of aromatic nitrogens is 1. The van der Waals surface area contributed by atoms with Gasteiger partial charge in [-0.2, -0.15) is 0 Å². The molecule has 0 aliphatic rings. The third kappa shape index (κ3) is 4.40. The number of carbonyl (C=O) groups is 1. The Bertz CT molecular complexity index is 1210. The largest absolute Gasteiger partial charge is 0.348 e. The van der Waals surface area contributed by atoms with Crippen LogP contribution in [0.5, 0.6) is 0 Å². The van der Waals surface area contributed by atoms with E-state index in [-0.39, 0.29) is 17.5 Å². The molecule has 31 heavy (non-hydrogen) atoms. The van der Waals surface area contributed by atoms with E-state index in [1.54, 1.807) is 24.3 Å². The maximum Gasteiger partial charge on any atom is 0.253 e. The second-order valence-electron chi connectivity index (χ2n) is 7.52. The number of hydrogen-bond donors (Lipinski definition) is 1. The summed E-state index contributed by atoms with van der Waals surface area (Å²) < 4.78 is 28.6. The molecule has 0 radical (unpaired) electrons. The lowest BCUT2D eigenvalue weighted by Gasteiger charge is -2.13. The summed E-state index contributed by atoms with van der Waals surface area (Å²) >= 11 is 0. The molecule has 0 aliphatic carbocycles. The molecule has 156 valence electrons. The van der Waals surface area contributed by atoms with E-state index in [4.69, 9.17) is 0 Å². The summed E-state index contributed by atoms with van der Waals surface area (Å²) in [5.74, 6) is -0.854. The first kappa shape index (κ1) is 20.5. The summed E-state index contributed by atoms with van der Waals surface area (Å²) in [5.41, 5.74) is 5.77. The molecule has 0 aliphatic heterocycles. The summed E-state index contributed by atoms with van der Waals surface area (Å²) in [6, 6.07) is 22.1. The Labute approximate surface area is 180 Å². The van der Waals surface area contributed by atoms with Crippen molar-refractivity contribution in [1.82, 2.24) is 9.88 Å². The molecule has 0 fully saturated rings. The minimum absolute atomic E-state index is 0.226. The van der Waals surface area contributed by atoms with Crippen molar-refractivity contribution in [2.45, 2.75) is 20.4 Å². The first-order valence-electron chi connectivity index (χ1n) is 10.0. The number of nitrogens with zero attached hydrogens (tertiary/aromatic N) is 1. The molecule has 0 spiro atoms. The van der Waals surface area contributed by atoms with Gasteiger partial charge in [0.1, 0.15) is 11.6 Å². The number of halogens is 2. The molecule has 4 aromatic rings. The minimum Gasteiger partial charge on any atom is -0.348 e. The highest BCUT2D eigenvalue weighted by molar-refractivity contribution is 5.97. The predicted molar refractivity (Wildman–Crippen MR) is 118 cm³/mol. The SMILES string of the molecule is Cc1ccc(-n2c(-c3ccc(F)cc3)cc(C(=O)NCc3ccc(F)cc3)c2C)cc1. The van der Waals surface area contributed by atoms with E-state index in [0.29, 0.717) is 12.1 Å². The highest BCUT2D eigenvalue weighted by Crippen LogP contribution is 2.30. The van der Waals surface area contributed by atoms with Crippen molar-refractivity contribution >= 4 is 5.91 Å².